The van der Waals surface area contributed by atoms with Crippen LogP contribution in [-0.2, 0) is 14.3 Å². The van der Waals surface area contributed by atoms with Gasteiger partial charge < -0.3 is 14.2 Å². The molecule has 5 rings (SSSR count). The molecule has 0 fully saturated rings. The number of para-hydroxylation sites is 1. The number of anilines is 1. The predicted octanol–water partition coefficient (Wildman–Crippen LogP) is 4.15. The number of fused-ring (bicyclic) bond motifs is 1. The molecule has 0 radical (unpaired) electrons. The van der Waals surface area contributed by atoms with Gasteiger partial charge in [-0.2, -0.15) is 0 Å². The molecule has 2 aromatic heterocycles. The first-order chi connectivity index (χ1) is 15.1. The van der Waals surface area contributed by atoms with Gasteiger partial charge in [0.1, 0.15) is 16.7 Å². The van der Waals surface area contributed by atoms with E-state index in [4.69, 9.17) is 25.8 Å². The molecular formula is C21H14ClN3O5S. The quantitative estimate of drug-likeness (QED) is 0.330. The second-order valence-corrected chi connectivity index (χ2v) is 8.07. The van der Waals surface area contributed by atoms with Crippen molar-refractivity contribution in [2.75, 3.05) is 17.3 Å². The van der Waals surface area contributed by atoms with Crippen LogP contribution in [0.25, 0.3) is 11.0 Å². The molecule has 1 atom stereocenters. The number of amides is 1. The Morgan fingerprint density at radius 2 is 1.94 bits per heavy atom. The van der Waals surface area contributed by atoms with Crippen LogP contribution in [0.1, 0.15) is 0 Å². The summed E-state index contributed by atoms with van der Waals surface area (Å²) < 4.78 is 16.4. The standard InChI is InChI=1S/C21H14ClN3O5S/c22-14-8-6-12-7-9-15(24-18(12)23-14)25-19(26)16-17(31-11-10-28-16)20(25)30-21(27)29-13-4-2-1-3-5-13/h1-9,20H,10-11H2. The highest BCUT2D eigenvalue weighted by molar-refractivity contribution is 8.03. The molecule has 0 spiro atoms. The molecule has 2 aliphatic heterocycles. The summed E-state index contributed by atoms with van der Waals surface area (Å²) in [6.45, 7) is 0.382. The van der Waals surface area contributed by atoms with Crippen LogP contribution in [0.15, 0.2) is 65.3 Å². The number of thioether (sulfide) groups is 1. The number of aromatic nitrogens is 2. The highest BCUT2D eigenvalue weighted by atomic mass is 35.5. The maximum absolute atomic E-state index is 13.1. The van der Waals surface area contributed by atoms with Crippen molar-refractivity contribution in [2.45, 2.75) is 6.23 Å². The highest BCUT2D eigenvalue weighted by Crippen LogP contribution is 2.40. The molecule has 0 saturated carbocycles. The van der Waals surface area contributed by atoms with Crippen molar-refractivity contribution in [3.63, 3.8) is 0 Å². The van der Waals surface area contributed by atoms with Crippen molar-refractivity contribution < 1.29 is 23.8 Å². The number of nitrogens with zero attached hydrogens (tertiary/aromatic N) is 3. The lowest BCUT2D eigenvalue weighted by Crippen LogP contribution is -2.39. The van der Waals surface area contributed by atoms with Crippen LogP contribution in [0.3, 0.4) is 0 Å². The zero-order chi connectivity index (χ0) is 21.4. The molecule has 0 N–H and O–H groups in total. The van der Waals surface area contributed by atoms with Crippen LogP contribution < -0.4 is 9.64 Å². The monoisotopic (exact) mass is 455 g/mol. The van der Waals surface area contributed by atoms with Gasteiger partial charge in [0.2, 0.25) is 6.23 Å². The predicted molar refractivity (Wildman–Crippen MR) is 115 cm³/mol. The first kappa shape index (κ1) is 19.7. The minimum Gasteiger partial charge on any atom is -0.486 e. The maximum atomic E-state index is 13.1. The number of carbonyl (C=O) groups is 2. The Morgan fingerprint density at radius 3 is 2.77 bits per heavy atom. The third kappa shape index (κ3) is 3.77. The fourth-order valence-electron chi connectivity index (χ4n) is 3.25. The Morgan fingerprint density at radius 1 is 1.13 bits per heavy atom. The molecule has 1 aromatic carbocycles. The van der Waals surface area contributed by atoms with Crippen LogP contribution in [0, 0.1) is 0 Å². The number of rotatable bonds is 3. The van der Waals surface area contributed by atoms with Crippen molar-refractivity contribution in [3.8, 4) is 5.75 Å². The molecule has 31 heavy (non-hydrogen) atoms. The van der Waals surface area contributed by atoms with Crippen molar-refractivity contribution in [2.24, 2.45) is 0 Å². The molecule has 1 unspecified atom stereocenters. The fraction of sp³-hybridized carbons (Fsp3) is 0.143. The van der Waals surface area contributed by atoms with E-state index in [2.05, 4.69) is 9.97 Å². The zero-order valence-electron chi connectivity index (χ0n) is 15.9. The van der Waals surface area contributed by atoms with E-state index in [9.17, 15) is 9.59 Å². The van der Waals surface area contributed by atoms with Gasteiger partial charge in [-0.3, -0.25) is 4.79 Å². The zero-order valence-corrected chi connectivity index (χ0v) is 17.4. The van der Waals surface area contributed by atoms with Gasteiger partial charge >= 0.3 is 6.16 Å². The summed E-state index contributed by atoms with van der Waals surface area (Å²) >= 11 is 7.38. The highest BCUT2D eigenvalue weighted by Gasteiger charge is 2.46. The Labute approximate surface area is 185 Å². The van der Waals surface area contributed by atoms with Gasteiger partial charge in [0, 0.05) is 11.1 Å². The van der Waals surface area contributed by atoms with Gasteiger partial charge in [0.25, 0.3) is 5.91 Å². The van der Waals surface area contributed by atoms with E-state index in [1.165, 1.54) is 16.7 Å². The summed E-state index contributed by atoms with van der Waals surface area (Å²) in [6, 6.07) is 15.4. The maximum Gasteiger partial charge on any atom is 0.516 e. The van der Waals surface area contributed by atoms with E-state index in [0.717, 1.165) is 5.39 Å². The number of carbonyl (C=O) groups excluding carboxylic acids is 2. The van der Waals surface area contributed by atoms with E-state index in [1.807, 2.05) is 0 Å². The number of hydrogen-bond donors (Lipinski definition) is 0. The number of halogens is 1. The van der Waals surface area contributed by atoms with Gasteiger partial charge in [0.15, 0.2) is 11.4 Å². The van der Waals surface area contributed by atoms with Crippen LogP contribution >= 0.6 is 23.4 Å². The lowest BCUT2D eigenvalue weighted by molar-refractivity contribution is -0.118. The minimum absolute atomic E-state index is 0.148. The molecule has 10 heteroatoms. The molecule has 1 amide bonds. The lowest BCUT2D eigenvalue weighted by Gasteiger charge is -2.24. The van der Waals surface area contributed by atoms with Gasteiger partial charge in [-0.15, -0.1) is 11.8 Å². The van der Waals surface area contributed by atoms with E-state index in [-0.39, 0.29) is 16.7 Å². The first-order valence-corrected chi connectivity index (χ1v) is 10.7. The first-order valence-electron chi connectivity index (χ1n) is 9.30. The van der Waals surface area contributed by atoms with Crippen LogP contribution in [-0.4, -0.2) is 40.6 Å². The van der Waals surface area contributed by atoms with E-state index < -0.39 is 18.3 Å². The summed E-state index contributed by atoms with van der Waals surface area (Å²) in [6.07, 6.45) is -2.01. The third-order valence-corrected chi connectivity index (χ3v) is 5.87. The van der Waals surface area contributed by atoms with E-state index >= 15 is 0 Å². The number of benzene rings is 1. The van der Waals surface area contributed by atoms with Crippen LogP contribution in [0.2, 0.25) is 5.15 Å². The molecule has 0 saturated heterocycles. The summed E-state index contributed by atoms with van der Waals surface area (Å²) in [4.78, 5) is 36.0. The van der Waals surface area contributed by atoms with E-state index in [0.29, 0.717) is 28.7 Å². The second-order valence-electron chi connectivity index (χ2n) is 6.55. The largest absolute Gasteiger partial charge is 0.516 e. The van der Waals surface area contributed by atoms with Crippen molar-refractivity contribution in [1.82, 2.24) is 9.97 Å². The molecule has 3 aromatic rings. The summed E-state index contributed by atoms with van der Waals surface area (Å²) in [5.41, 5.74) is 0.363. The Hall–Kier alpha value is -3.30. The van der Waals surface area contributed by atoms with Gasteiger partial charge in [-0.25, -0.2) is 19.7 Å². The third-order valence-electron chi connectivity index (χ3n) is 4.59. The molecule has 0 bridgehead atoms. The minimum atomic E-state index is -1.06. The average Bonchev–Trinajstić information content (AvgIpc) is 3.05. The number of hydrogen-bond acceptors (Lipinski definition) is 8. The summed E-state index contributed by atoms with van der Waals surface area (Å²) in [5, 5.41) is 1.03. The molecule has 0 aliphatic carbocycles. The number of pyridine rings is 2. The molecule has 2 aliphatic rings. The smallest absolute Gasteiger partial charge is 0.486 e. The summed E-state index contributed by atoms with van der Waals surface area (Å²) in [5.74, 6) is 0.898. The van der Waals surface area contributed by atoms with Crippen LogP contribution in [0.4, 0.5) is 10.6 Å². The average molecular weight is 456 g/mol. The topological polar surface area (TPSA) is 90.9 Å². The Bertz CT molecular complexity index is 1220. The Kier molecular flexibility index (Phi) is 5.13. The van der Waals surface area contributed by atoms with E-state index in [1.54, 1.807) is 54.6 Å². The van der Waals surface area contributed by atoms with Crippen molar-refractivity contribution >= 4 is 52.3 Å². The van der Waals surface area contributed by atoms with Gasteiger partial charge in [0.05, 0.1) is 11.5 Å². The lowest BCUT2D eigenvalue weighted by atomic mass is 10.3. The molecule has 4 heterocycles. The molecule has 8 nitrogen and oxygen atoms in total. The normalized spacial score (nSPS) is 18.0. The van der Waals surface area contributed by atoms with Crippen molar-refractivity contribution in [1.29, 1.82) is 0 Å². The van der Waals surface area contributed by atoms with Gasteiger partial charge in [-0.05, 0) is 36.4 Å². The van der Waals surface area contributed by atoms with Crippen LogP contribution in [0.5, 0.6) is 5.75 Å². The SMILES string of the molecule is O=C(Oc1ccccc1)OC1C2=C(OCCS2)C(=O)N1c1ccc2ccc(Cl)nc2n1. The fourth-order valence-corrected chi connectivity index (χ4v) is 4.35. The molecular weight excluding hydrogens is 442 g/mol. The van der Waals surface area contributed by atoms with Crippen molar-refractivity contribution in [3.05, 3.63) is 70.4 Å². The second kappa shape index (κ2) is 8.09. The Balaban J connectivity index is 1.49. The van der Waals surface area contributed by atoms with Gasteiger partial charge in [-0.1, -0.05) is 29.8 Å². The summed E-state index contributed by atoms with van der Waals surface area (Å²) in [7, 11) is 0. The molecule has 156 valence electrons. The number of ether oxygens (including phenoxy) is 3.